The van der Waals surface area contributed by atoms with Gasteiger partial charge in [-0.25, -0.2) is 40.7 Å². The van der Waals surface area contributed by atoms with Crippen molar-refractivity contribution >= 4 is 62.0 Å². The number of rotatable bonds is 13. The molecule has 1 amide bonds. The molecule has 96 heavy (non-hydrogen) atoms. The number of morpholine rings is 3. The fraction of sp³-hybridized carbons (Fsp3) is 0.400. The monoisotopic (exact) mass is 1460 g/mol. The number of fused-ring (bicyclic) bond motifs is 1. The second-order valence-electron chi connectivity index (χ2n) is 21.3. The maximum absolute atomic E-state index is 15.2. The Kier molecular flexibility index (Phi) is 25.8. The van der Waals surface area contributed by atoms with Gasteiger partial charge in [0.15, 0.2) is 0 Å². The van der Waals surface area contributed by atoms with Gasteiger partial charge in [-0.1, -0.05) is 34.1 Å². The van der Waals surface area contributed by atoms with Gasteiger partial charge in [0, 0.05) is 77.8 Å². The number of amides is 1. The number of nitrogens with one attached hydrogen (secondary N) is 2. The van der Waals surface area contributed by atoms with Crippen LogP contribution in [-0.2, 0) is 43.4 Å². The van der Waals surface area contributed by atoms with E-state index < -0.39 is 167 Å². The molecular weight excluding hydrogens is 1400 g/mol. The number of methoxy groups -OCH3 is 1. The largest absolute Gasteiger partial charge is 0.480 e. The number of hydrogen-bond donors (Lipinski definition) is 4. The number of halogens is 19. The summed E-state index contributed by atoms with van der Waals surface area (Å²) in [5.74, 6) is -13.4. The first-order chi connectivity index (χ1) is 44.7. The van der Waals surface area contributed by atoms with Crippen LogP contribution < -0.4 is 26.0 Å². The molecule has 3 fully saturated rings. The van der Waals surface area contributed by atoms with Gasteiger partial charge in [-0.15, -0.1) is 0 Å². The molecule has 0 unspecified atom stereocenters. The molecule has 2 aromatic heterocycles. The van der Waals surface area contributed by atoms with Crippen molar-refractivity contribution < 1.29 is 127 Å². The Morgan fingerprint density at radius 1 is 0.688 bits per heavy atom. The van der Waals surface area contributed by atoms with E-state index in [4.69, 9.17) is 19.3 Å². The minimum atomic E-state index is -4.91. The number of alkyl halides is 12. The van der Waals surface area contributed by atoms with Gasteiger partial charge < -0.3 is 54.2 Å². The highest BCUT2D eigenvalue weighted by Gasteiger charge is 2.41. The van der Waals surface area contributed by atoms with Gasteiger partial charge in [-0.2, -0.15) is 52.7 Å². The molecule has 9 rings (SSSR count). The predicted octanol–water partition coefficient (Wildman–Crippen LogP) is 12.1. The molecular formula is C60H55BrF18N6O11. The lowest BCUT2D eigenvalue weighted by atomic mass is 9.93. The fourth-order valence-electron chi connectivity index (χ4n) is 10.2. The van der Waals surface area contributed by atoms with Crippen molar-refractivity contribution in [1.29, 1.82) is 0 Å². The van der Waals surface area contributed by atoms with E-state index in [9.17, 15) is 99.3 Å². The minimum Gasteiger partial charge on any atom is -0.480 e. The molecule has 3 aliphatic rings. The Morgan fingerprint density at radius 2 is 1.18 bits per heavy atom. The number of carboxylic acid groups (broad SMARTS) is 2. The van der Waals surface area contributed by atoms with Gasteiger partial charge in [0.25, 0.3) is 11.5 Å². The molecule has 17 nitrogen and oxygen atoms in total. The Labute approximate surface area is 540 Å². The zero-order valence-electron chi connectivity index (χ0n) is 50.0. The summed E-state index contributed by atoms with van der Waals surface area (Å²) >= 11 is 2.89. The van der Waals surface area contributed by atoms with Gasteiger partial charge in [-0.3, -0.25) is 14.6 Å². The molecule has 0 radical (unpaired) electrons. The van der Waals surface area contributed by atoms with Crippen LogP contribution in [0.2, 0.25) is 0 Å². The number of anilines is 2. The number of hydrogen-bond acceptors (Lipinski definition) is 13. The van der Waals surface area contributed by atoms with Crippen LogP contribution in [0.3, 0.4) is 0 Å². The number of ether oxygens (including phenoxy) is 4. The van der Waals surface area contributed by atoms with Gasteiger partial charge in [-0.05, 0) is 61.0 Å². The normalized spacial score (nSPS) is 17.2. The Bertz CT molecular complexity index is 3780. The van der Waals surface area contributed by atoms with Crippen LogP contribution >= 0.6 is 15.9 Å². The van der Waals surface area contributed by atoms with Crippen molar-refractivity contribution in [2.45, 2.75) is 81.5 Å². The van der Waals surface area contributed by atoms with Gasteiger partial charge in [0.05, 0.1) is 94.7 Å². The molecule has 3 saturated heterocycles. The molecule has 0 spiro atoms. The van der Waals surface area contributed by atoms with Crippen molar-refractivity contribution in [3.8, 4) is 11.1 Å². The van der Waals surface area contributed by atoms with Crippen LogP contribution in [0.15, 0.2) is 82.2 Å². The summed E-state index contributed by atoms with van der Waals surface area (Å²) in [5.41, 5.74) is -6.30. The lowest BCUT2D eigenvalue weighted by Crippen LogP contribution is -2.48. The number of aryl methyl sites for hydroxylation is 1. The van der Waals surface area contributed by atoms with Gasteiger partial charge in [0.1, 0.15) is 57.6 Å². The Morgan fingerprint density at radius 3 is 1.62 bits per heavy atom. The molecule has 0 bridgehead atoms. The minimum absolute atomic E-state index is 0.0174. The summed E-state index contributed by atoms with van der Waals surface area (Å²) in [4.78, 5) is 66.5. The maximum atomic E-state index is 15.2. The summed E-state index contributed by atoms with van der Waals surface area (Å²) in [7, 11) is 2.36. The Hall–Kier alpha value is -8.22. The summed E-state index contributed by atoms with van der Waals surface area (Å²) in [6.45, 7) is 1.93. The molecule has 6 aromatic rings. The molecule has 524 valence electrons. The third-order valence-electron chi connectivity index (χ3n) is 14.6. The predicted molar refractivity (Wildman–Crippen MR) is 308 cm³/mol. The van der Waals surface area contributed by atoms with Crippen molar-refractivity contribution in [3.63, 3.8) is 0 Å². The third-order valence-corrected chi connectivity index (χ3v) is 15.0. The third kappa shape index (κ3) is 20.7. The lowest BCUT2D eigenvalue weighted by Gasteiger charge is -2.37. The van der Waals surface area contributed by atoms with Crippen LogP contribution in [0.1, 0.15) is 67.2 Å². The van der Waals surface area contributed by atoms with Crippen LogP contribution in [0.5, 0.6) is 0 Å². The summed E-state index contributed by atoms with van der Waals surface area (Å²) in [6, 6.07) is 6.08. The highest BCUT2D eigenvalue weighted by molar-refractivity contribution is 9.10. The molecule has 4 N–H and O–H groups in total. The first kappa shape index (κ1) is 76.8. The first-order valence-corrected chi connectivity index (χ1v) is 28.8. The number of carbonyl (C=O) groups is 4. The van der Waals surface area contributed by atoms with Gasteiger partial charge >= 0.3 is 42.6 Å². The van der Waals surface area contributed by atoms with E-state index in [1.54, 1.807) is 0 Å². The number of aromatic carboxylic acids is 1. The number of carboxylic acids is 2. The van der Waals surface area contributed by atoms with Crippen molar-refractivity contribution in [3.05, 3.63) is 156 Å². The molecule has 0 saturated carbocycles. The van der Waals surface area contributed by atoms with E-state index in [0.717, 1.165) is 46.9 Å². The second-order valence-corrected chi connectivity index (χ2v) is 22.2. The summed E-state index contributed by atoms with van der Waals surface area (Å²) in [5, 5.41) is 23.5. The van der Waals surface area contributed by atoms with Gasteiger partial charge in [0.2, 0.25) is 0 Å². The number of esters is 1. The number of carbonyl (C=O) groups excluding carboxylic acids is 2. The standard InChI is InChI=1S/C33H28F8N4O5.C13H12F5NO3.C8H5BrF2O2.C6H10F3NO/c1-16-10-22(33(39,40)41)26(30(47)44(16)2)21-6-5-17(20-4-3-7-42-28(20)21)11-25(31(48)49)43-29(46)27-23(34)12-18(13-24(27)35)45-8-9-50-15-19(45)14-32(36,37)38;14-9-3-7(4-10(15)11(9)12(20)21)19-1-2-22-6-8(19)5-13(16,17)18;1-13-8(12)7-5(10)2-4(9)3-6(7)11;7-6(8,9)3-5-4-11-2-1-10-5/h3-7,10,12-13,19,25H,8-9,11,14-15H2,1-2H3,(H,43,46)(H,48,49);3-4,8H,1-2,5-6H2,(H,20,21);2-3H,1H3;5,10H,1-4H2/t19-,25-;8-;;5-/m00.0/s1. The number of aromatic nitrogens is 2. The quantitative estimate of drug-likeness (QED) is 0.0626. The van der Waals surface area contributed by atoms with E-state index in [-0.39, 0.29) is 89.7 Å². The van der Waals surface area contributed by atoms with Crippen LogP contribution in [0.25, 0.3) is 22.0 Å². The van der Waals surface area contributed by atoms with Crippen molar-refractivity contribution in [2.24, 2.45) is 7.05 Å². The molecule has 36 heteroatoms. The SMILES string of the molecule is COC(=O)c1c(F)cc(Br)cc1F.Cc1cc(C(F)(F)F)c(-c2ccc(C[C@H](NC(=O)c3c(F)cc(N4CCOC[C@@H]4CC(F)(F)F)cc3F)C(=O)O)c3cccnc23)c(=O)n1C.FC(F)(F)C[C@H]1COCCN1.O=C(O)c1c(F)cc(N2CCOC[C@@H]2CC(F)(F)F)cc1F. The smallest absolute Gasteiger partial charge is 0.417 e. The zero-order valence-corrected chi connectivity index (χ0v) is 51.6. The van der Waals surface area contributed by atoms with Crippen LogP contribution in [0.4, 0.5) is 90.4 Å². The van der Waals surface area contributed by atoms with E-state index in [0.29, 0.717) is 25.3 Å². The second kappa shape index (κ2) is 32.2. The molecule has 0 aliphatic carbocycles. The van der Waals surface area contributed by atoms with Crippen molar-refractivity contribution in [1.82, 2.24) is 20.2 Å². The molecule has 4 aromatic carbocycles. The number of aliphatic carboxylic acids is 1. The van der Waals surface area contributed by atoms with E-state index in [1.807, 2.05) is 5.32 Å². The average molecular weight is 1460 g/mol. The average Bonchev–Trinajstić information content (AvgIpc) is 0.752. The molecule has 4 atom stereocenters. The lowest BCUT2D eigenvalue weighted by molar-refractivity contribution is -0.146. The maximum Gasteiger partial charge on any atom is 0.417 e. The highest BCUT2D eigenvalue weighted by Crippen LogP contribution is 2.40. The van der Waals surface area contributed by atoms with E-state index in [2.05, 4.69) is 31.0 Å². The van der Waals surface area contributed by atoms with Crippen LogP contribution in [0, 0.1) is 41.8 Å². The first-order valence-electron chi connectivity index (χ1n) is 28.0. The topological polar surface area (TPSA) is 211 Å². The zero-order chi connectivity index (χ0) is 71.5. The van der Waals surface area contributed by atoms with Crippen molar-refractivity contribution in [2.75, 3.05) is 76.2 Å². The number of pyridine rings is 2. The van der Waals surface area contributed by atoms with E-state index in [1.165, 1.54) is 49.3 Å². The number of benzene rings is 4. The number of nitrogens with zero attached hydrogens (tertiary/aromatic N) is 4. The Balaban J connectivity index is 0.000000255. The highest BCUT2D eigenvalue weighted by atomic mass is 79.9. The van der Waals surface area contributed by atoms with E-state index >= 15 is 8.78 Å². The van der Waals surface area contributed by atoms with Crippen LogP contribution in [-0.4, -0.2) is 153 Å². The summed E-state index contributed by atoms with van der Waals surface area (Å²) < 4.78 is 259. The fourth-order valence-corrected chi connectivity index (χ4v) is 10.6. The summed E-state index contributed by atoms with van der Waals surface area (Å²) in [6.07, 6.45) is -20.6. The molecule has 5 heterocycles. The molecule has 3 aliphatic heterocycles.